The van der Waals surface area contributed by atoms with E-state index in [0.717, 1.165) is 6.33 Å². The van der Waals surface area contributed by atoms with Crippen LogP contribution in [0, 0.1) is 0 Å². The van der Waals surface area contributed by atoms with Crippen LogP contribution < -0.4 is 0 Å². The van der Waals surface area contributed by atoms with Crippen molar-refractivity contribution in [1.29, 1.82) is 0 Å². The highest BCUT2D eigenvalue weighted by molar-refractivity contribution is 7.85. The molecular formula is C10H7ClN2O3S. The molecule has 1 aromatic carbocycles. The van der Waals surface area contributed by atoms with Gasteiger partial charge in [-0.1, -0.05) is 23.7 Å². The molecule has 1 N–H and O–H groups in total. The lowest BCUT2D eigenvalue weighted by molar-refractivity contribution is 0.479. The first-order valence-corrected chi connectivity index (χ1v) is 6.34. The molecule has 0 fully saturated rings. The standard InChI is InChI=1S/C10H7ClN2O3S/c11-8-3-1-2-7(4-8)9-5-10(13-6-12-9)17(14,15)16/h1-6H,(H,14,15,16). The van der Waals surface area contributed by atoms with Crippen molar-refractivity contribution in [2.24, 2.45) is 0 Å². The summed E-state index contributed by atoms with van der Waals surface area (Å²) in [5.41, 5.74) is 1.01. The van der Waals surface area contributed by atoms with Crippen molar-refractivity contribution in [2.75, 3.05) is 0 Å². The van der Waals surface area contributed by atoms with Crippen molar-refractivity contribution in [3.05, 3.63) is 41.7 Å². The maximum atomic E-state index is 10.9. The van der Waals surface area contributed by atoms with Gasteiger partial charge in [-0.25, -0.2) is 9.97 Å². The first kappa shape index (κ1) is 12.0. The van der Waals surface area contributed by atoms with Gasteiger partial charge in [-0.15, -0.1) is 0 Å². The summed E-state index contributed by atoms with van der Waals surface area (Å²) >= 11 is 5.81. The van der Waals surface area contributed by atoms with Crippen molar-refractivity contribution < 1.29 is 13.0 Å². The molecule has 0 atom stereocenters. The normalized spacial score (nSPS) is 11.4. The highest BCUT2D eigenvalue weighted by Gasteiger charge is 2.13. The Morgan fingerprint density at radius 3 is 2.59 bits per heavy atom. The van der Waals surface area contributed by atoms with Gasteiger partial charge in [0, 0.05) is 16.7 Å². The Hall–Kier alpha value is -1.50. The third kappa shape index (κ3) is 2.79. The fourth-order valence-electron chi connectivity index (χ4n) is 1.29. The summed E-state index contributed by atoms with van der Waals surface area (Å²) in [6.45, 7) is 0. The number of nitrogens with zero attached hydrogens (tertiary/aromatic N) is 2. The summed E-state index contributed by atoms with van der Waals surface area (Å²) in [4.78, 5) is 7.40. The predicted molar refractivity (Wildman–Crippen MR) is 62.3 cm³/mol. The molecule has 0 saturated heterocycles. The molecule has 5 nitrogen and oxygen atoms in total. The Bertz CT molecular complexity index is 658. The summed E-state index contributed by atoms with van der Waals surface area (Å²) in [5, 5.41) is 0.0667. The lowest BCUT2D eigenvalue weighted by Gasteiger charge is -2.02. The second kappa shape index (κ2) is 4.40. The van der Waals surface area contributed by atoms with E-state index in [-0.39, 0.29) is 0 Å². The van der Waals surface area contributed by atoms with Crippen LogP contribution >= 0.6 is 11.6 Å². The van der Waals surface area contributed by atoms with Gasteiger partial charge in [0.05, 0.1) is 5.69 Å². The van der Waals surface area contributed by atoms with E-state index in [1.807, 2.05) is 0 Å². The van der Waals surface area contributed by atoms with Crippen LogP contribution in [-0.2, 0) is 10.1 Å². The van der Waals surface area contributed by atoms with E-state index in [2.05, 4.69) is 9.97 Å². The van der Waals surface area contributed by atoms with E-state index in [1.54, 1.807) is 24.3 Å². The van der Waals surface area contributed by atoms with Gasteiger partial charge < -0.3 is 0 Å². The molecule has 0 aliphatic carbocycles. The smallest absolute Gasteiger partial charge is 0.281 e. The third-order valence-corrected chi connectivity index (χ3v) is 3.01. The van der Waals surface area contributed by atoms with Crippen LogP contribution in [0.5, 0.6) is 0 Å². The van der Waals surface area contributed by atoms with Crippen LogP contribution in [0.25, 0.3) is 11.3 Å². The van der Waals surface area contributed by atoms with Crippen LogP contribution in [0.4, 0.5) is 0 Å². The lowest BCUT2D eigenvalue weighted by Crippen LogP contribution is -2.02. The minimum absolute atomic E-state index is 0.370. The summed E-state index contributed by atoms with van der Waals surface area (Å²) < 4.78 is 30.7. The predicted octanol–water partition coefficient (Wildman–Crippen LogP) is 2.04. The molecule has 7 heteroatoms. The first-order chi connectivity index (χ1) is 7.97. The zero-order valence-electron chi connectivity index (χ0n) is 8.41. The topological polar surface area (TPSA) is 80.2 Å². The van der Waals surface area contributed by atoms with Crippen LogP contribution in [0.3, 0.4) is 0 Å². The molecule has 0 aliphatic rings. The molecule has 0 aliphatic heterocycles. The van der Waals surface area contributed by atoms with E-state index in [9.17, 15) is 8.42 Å². The number of hydrogen-bond acceptors (Lipinski definition) is 4. The van der Waals surface area contributed by atoms with Crippen LogP contribution in [-0.4, -0.2) is 22.9 Å². The van der Waals surface area contributed by atoms with Gasteiger partial charge in [-0.2, -0.15) is 8.42 Å². The van der Waals surface area contributed by atoms with Gasteiger partial charge in [-0.3, -0.25) is 4.55 Å². The van der Waals surface area contributed by atoms with Crippen molar-refractivity contribution in [2.45, 2.75) is 5.03 Å². The Balaban J connectivity index is 2.54. The average Bonchev–Trinajstić information content (AvgIpc) is 2.28. The zero-order chi connectivity index (χ0) is 12.5. The minimum atomic E-state index is -4.33. The van der Waals surface area contributed by atoms with Crippen molar-refractivity contribution in [1.82, 2.24) is 9.97 Å². The maximum Gasteiger partial charge on any atom is 0.312 e. The van der Waals surface area contributed by atoms with E-state index >= 15 is 0 Å². The fourth-order valence-corrected chi connectivity index (χ4v) is 1.92. The highest BCUT2D eigenvalue weighted by atomic mass is 35.5. The van der Waals surface area contributed by atoms with E-state index in [4.69, 9.17) is 16.2 Å². The first-order valence-electron chi connectivity index (χ1n) is 4.52. The van der Waals surface area contributed by atoms with Crippen molar-refractivity contribution >= 4 is 21.7 Å². The van der Waals surface area contributed by atoms with Gasteiger partial charge in [-0.05, 0) is 12.1 Å². The molecule has 1 heterocycles. The molecule has 2 aromatic rings. The monoisotopic (exact) mass is 270 g/mol. The number of benzene rings is 1. The molecule has 1 aromatic heterocycles. The number of halogens is 1. The van der Waals surface area contributed by atoms with E-state index in [1.165, 1.54) is 6.07 Å². The Kier molecular flexibility index (Phi) is 3.10. The summed E-state index contributed by atoms with van der Waals surface area (Å²) in [7, 11) is -4.33. The Morgan fingerprint density at radius 1 is 1.18 bits per heavy atom. The molecular weight excluding hydrogens is 264 g/mol. The largest absolute Gasteiger partial charge is 0.312 e. The fraction of sp³-hybridized carbons (Fsp3) is 0. The van der Waals surface area contributed by atoms with Gasteiger partial charge in [0.2, 0.25) is 0 Å². The molecule has 0 amide bonds. The SMILES string of the molecule is O=S(=O)(O)c1cc(-c2cccc(Cl)c2)ncn1. The van der Waals surface area contributed by atoms with Gasteiger partial charge in [0.15, 0.2) is 5.03 Å². The lowest BCUT2D eigenvalue weighted by atomic mass is 10.1. The third-order valence-electron chi connectivity index (χ3n) is 2.03. The summed E-state index contributed by atoms with van der Waals surface area (Å²) in [6, 6.07) is 7.95. The molecule has 0 saturated carbocycles. The maximum absolute atomic E-state index is 10.9. The molecule has 2 rings (SSSR count). The van der Waals surface area contributed by atoms with Gasteiger partial charge in [0.1, 0.15) is 6.33 Å². The molecule has 0 bridgehead atoms. The summed E-state index contributed by atoms with van der Waals surface area (Å²) in [6.07, 6.45) is 1.07. The van der Waals surface area contributed by atoms with Crippen molar-refractivity contribution in [3.63, 3.8) is 0 Å². The van der Waals surface area contributed by atoms with Crippen LogP contribution in [0.1, 0.15) is 0 Å². The second-order valence-corrected chi connectivity index (χ2v) is 5.03. The van der Waals surface area contributed by atoms with Crippen molar-refractivity contribution in [3.8, 4) is 11.3 Å². The average molecular weight is 271 g/mol. The van der Waals surface area contributed by atoms with Gasteiger partial charge >= 0.3 is 10.1 Å². The quantitative estimate of drug-likeness (QED) is 0.667. The van der Waals surface area contributed by atoms with E-state index in [0.29, 0.717) is 16.3 Å². The number of hydrogen-bond donors (Lipinski definition) is 1. The molecule has 0 unspecified atom stereocenters. The van der Waals surface area contributed by atoms with Crippen LogP contribution in [0.2, 0.25) is 5.02 Å². The summed E-state index contributed by atoms with van der Waals surface area (Å²) in [5.74, 6) is 0. The van der Waals surface area contributed by atoms with Gasteiger partial charge in [0.25, 0.3) is 0 Å². The number of aromatic nitrogens is 2. The molecule has 88 valence electrons. The van der Waals surface area contributed by atoms with Crippen LogP contribution in [0.15, 0.2) is 41.7 Å². The van der Waals surface area contributed by atoms with E-state index < -0.39 is 15.1 Å². The highest BCUT2D eigenvalue weighted by Crippen LogP contribution is 2.21. The zero-order valence-corrected chi connectivity index (χ0v) is 9.98. The Morgan fingerprint density at radius 2 is 1.94 bits per heavy atom. The molecule has 0 spiro atoms. The number of rotatable bonds is 2. The Labute approximate surface area is 103 Å². The second-order valence-electron chi connectivity index (χ2n) is 3.23. The molecule has 17 heavy (non-hydrogen) atoms. The minimum Gasteiger partial charge on any atom is -0.281 e. The molecule has 0 radical (unpaired) electrons.